The Kier molecular flexibility index (Phi) is 7.80. The number of anilines is 2. The SMILES string of the molecule is CCCCNc1nc(N)c(C(=O)N/C=N/NS(=O)(=O)N(C)C)nc1Cl. The van der Waals surface area contributed by atoms with E-state index in [-0.39, 0.29) is 22.5 Å². The summed E-state index contributed by atoms with van der Waals surface area (Å²) in [5.74, 6) is -0.570. The van der Waals surface area contributed by atoms with Crippen LogP contribution in [-0.2, 0) is 10.2 Å². The number of amides is 1. The van der Waals surface area contributed by atoms with E-state index in [1.54, 1.807) is 0 Å². The van der Waals surface area contributed by atoms with E-state index in [4.69, 9.17) is 17.3 Å². The lowest BCUT2D eigenvalue weighted by Crippen LogP contribution is -2.33. The van der Waals surface area contributed by atoms with Crippen molar-refractivity contribution in [1.29, 1.82) is 0 Å². The lowest BCUT2D eigenvalue weighted by atomic mass is 10.3. The first-order valence-electron chi connectivity index (χ1n) is 7.27. The molecule has 0 fully saturated rings. The molecule has 1 rings (SSSR count). The second-order valence-electron chi connectivity index (χ2n) is 4.99. The zero-order valence-electron chi connectivity index (χ0n) is 14.1. The maximum atomic E-state index is 12.0. The van der Waals surface area contributed by atoms with Gasteiger partial charge in [-0.05, 0) is 6.42 Å². The Balaban J connectivity index is 2.74. The van der Waals surface area contributed by atoms with Gasteiger partial charge >= 0.3 is 10.2 Å². The third-order valence-electron chi connectivity index (χ3n) is 2.83. The third-order valence-corrected chi connectivity index (χ3v) is 4.39. The number of halogens is 1. The molecule has 0 radical (unpaired) electrons. The number of carbonyl (C=O) groups is 1. The molecule has 0 bridgehead atoms. The summed E-state index contributed by atoms with van der Waals surface area (Å²) in [5, 5.41) is 8.57. The first-order valence-corrected chi connectivity index (χ1v) is 9.09. The highest BCUT2D eigenvalue weighted by Gasteiger charge is 2.16. The Hall–Kier alpha value is -2.18. The van der Waals surface area contributed by atoms with Crippen molar-refractivity contribution in [2.75, 3.05) is 31.7 Å². The van der Waals surface area contributed by atoms with Crippen molar-refractivity contribution in [2.45, 2.75) is 19.8 Å². The summed E-state index contributed by atoms with van der Waals surface area (Å²) in [6.45, 7) is 2.69. The first-order chi connectivity index (χ1) is 11.7. The standard InChI is InChI=1S/C12H21ClN8O3S/c1-4-5-6-15-11-9(13)18-8(10(14)19-11)12(22)16-7-17-20-25(23,24)21(2)3/h7,20H,4-6H2,1-3H3,(H3,14,15,19)(H,16,17,22). The fraction of sp³-hybridized carbons (Fsp3) is 0.500. The van der Waals surface area contributed by atoms with Crippen molar-refractivity contribution < 1.29 is 13.2 Å². The number of hydrazone groups is 1. The number of hydrogen-bond donors (Lipinski definition) is 4. The molecule has 0 aliphatic heterocycles. The molecule has 0 spiro atoms. The van der Waals surface area contributed by atoms with Crippen molar-refractivity contribution in [2.24, 2.45) is 5.10 Å². The van der Waals surface area contributed by atoms with Gasteiger partial charge in [0.1, 0.15) is 6.34 Å². The topological polar surface area (TPSA) is 155 Å². The van der Waals surface area contributed by atoms with E-state index in [9.17, 15) is 13.2 Å². The monoisotopic (exact) mass is 392 g/mol. The number of rotatable bonds is 9. The lowest BCUT2D eigenvalue weighted by Gasteiger charge is -2.10. The van der Waals surface area contributed by atoms with Crippen LogP contribution in [0.2, 0.25) is 5.15 Å². The summed E-state index contributed by atoms with van der Waals surface area (Å²) in [6.07, 6.45) is 2.76. The number of unbranched alkanes of at least 4 members (excludes halogenated alkanes) is 1. The summed E-state index contributed by atoms with van der Waals surface area (Å²) in [4.78, 5) is 21.8. The minimum atomic E-state index is -3.74. The van der Waals surface area contributed by atoms with Crippen LogP contribution in [0.4, 0.5) is 11.6 Å². The van der Waals surface area contributed by atoms with E-state index in [1.807, 2.05) is 11.8 Å². The van der Waals surface area contributed by atoms with Crippen molar-refractivity contribution >= 4 is 45.7 Å². The summed E-state index contributed by atoms with van der Waals surface area (Å²) in [7, 11) is -1.09. The predicted molar refractivity (Wildman–Crippen MR) is 96.6 cm³/mol. The average molecular weight is 393 g/mol. The maximum Gasteiger partial charge on any atom is 0.316 e. The van der Waals surface area contributed by atoms with Gasteiger partial charge in [-0.25, -0.2) is 9.97 Å². The van der Waals surface area contributed by atoms with Crippen LogP contribution in [0.1, 0.15) is 30.3 Å². The van der Waals surface area contributed by atoms with Gasteiger partial charge in [-0.1, -0.05) is 24.9 Å². The molecular weight excluding hydrogens is 372 g/mol. The molecule has 1 amide bonds. The van der Waals surface area contributed by atoms with Gasteiger partial charge in [0.15, 0.2) is 22.5 Å². The minimum absolute atomic E-state index is 0.000650. The molecule has 140 valence electrons. The molecule has 1 aromatic heterocycles. The summed E-state index contributed by atoms with van der Waals surface area (Å²) in [5.41, 5.74) is 5.51. The Bertz CT molecular complexity index is 738. The molecule has 0 aliphatic carbocycles. The molecular formula is C12H21ClN8O3S. The number of nitrogens with two attached hydrogens (primary N) is 1. The Morgan fingerprint density at radius 3 is 2.68 bits per heavy atom. The van der Waals surface area contributed by atoms with Gasteiger partial charge in [0.25, 0.3) is 5.91 Å². The van der Waals surface area contributed by atoms with Crippen LogP contribution in [0.5, 0.6) is 0 Å². The molecule has 0 atom stereocenters. The minimum Gasteiger partial charge on any atom is -0.382 e. The molecule has 13 heteroatoms. The quantitative estimate of drug-likeness (QED) is 0.199. The van der Waals surface area contributed by atoms with Gasteiger partial charge < -0.3 is 16.4 Å². The highest BCUT2D eigenvalue weighted by Crippen LogP contribution is 2.20. The highest BCUT2D eigenvalue weighted by molar-refractivity contribution is 7.87. The Morgan fingerprint density at radius 2 is 2.08 bits per heavy atom. The van der Waals surface area contributed by atoms with Crippen molar-refractivity contribution in [3.63, 3.8) is 0 Å². The number of nitrogens with one attached hydrogen (secondary N) is 3. The second-order valence-corrected chi connectivity index (χ2v) is 7.21. The van der Waals surface area contributed by atoms with E-state index in [2.05, 4.69) is 25.7 Å². The van der Waals surface area contributed by atoms with E-state index >= 15 is 0 Å². The van der Waals surface area contributed by atoms with Crippen LogP contribution in [0.15, 0.2) is 5.10 Å². The molecule has 0 saturated carbocycles. The fourth-order valence-corrected chi connectivity index (χ4v) is 1.97. The average Bonchev–Trinajstić information content (AvgIpc) is 2.54. The van der Waals surface area contributed by atoms with Gasteiger partial charge in [0.2, 0.25) is 0 Å². The summed E-state index contributed by atoms with van der Waals surface area (Å²) < 4.78 is 23.7. The van der Waals surface area contributed by atoms with Crippen molar-refractivity contribution in [3.05, 3.63) is 10.8 Å². The van der Waals surface area contributed by atoms with Gasteiger partial charge in [-0.2, -0.15) is 22.7 Å². The molecule has 25 heavy (non-hydrogen) atoms. The van der Waals surface area contributed by atoms with E-state index in [1.165, 1.54) is 14.1 Å². The Morgan fingerprint density at radius 1 is 1.40 bits per heavy atom. The Labute approximate surface area is 151 Å². The number of nitrogen functional groups attached to an aromatic ring is 1. The molecule has 0 saturated heterocycles. The lowest BCUT2D eigenvalue weighted by molar-refractivity contribution is 0.0974. The normalized spacial score (nSPS) is 11.7. The zero-order chi connectivity index (χ0) is 19.0. The van der Waals surface area contributed by atoms with Gasteiger partial charge in [0.05, 0.1) is 0 Å². The number of hydrogen-bond acceptors (Lipinski definition) is 8. The van der Waals surface area contributed by atoms with E-state index < -0.39 is 16.1 Å². The third kappa shape index (κ3) is 6.32. The van der Waals surface area contributed by atoms with Gasteiger partial charge in [0, 0.05) is 20.6 Å². The van der Waals surface area contributed by atoms with Crippen LogP contribution in [0.25, 0.3) is 0 Å². The molecule has 0 aliphatic rings. The molecule has 1 aromatic rings. The summed E-state index contributed by atoms with van der Waals surface area (Å²) in [6, 6.07) is 0. The first kappa shape index (κ1) is 20.9. The van der Waals surface area contributed by atoms with Crippen LogP contribution >= 0.6 is 11.6 Å². The van der Waals surface area contributed by atoms with Crippen LogP contribution < -0.4 is 21.2 Å². The predicted octanol–water partition coefficient (Wildman–Crippen LogP) is -0.00670. The number of carbonyl (C=O) groups excluding carboxylic acids is 1. The van der Waals surface area contributed by atoms with Crippen LogP contribution in [-0.4, -0.2) is 55.6 Å². The molecule has 1 heterocycles. The molecule has 11 nitrogen and oxygen atoms in total. The maximum absolute atomic E-state index is 12.0. The summed E-state index contributed by atoms with van der Waals surface area (Å²) >= 11 is 5.98. The van der Waals surface area contributed by atoms with E-state index in [0.29, 0.717) is 6.54 Å². The van der Waals surface area contributed by atoms with Crippen molar-refractivity contribution in [3.8, 4) is 0 Å². The van der Waals surface area contributed by atoms with E-state index in [0.717, 1.165) is 23.5 Å². The molecule has 0 aromatic carbocycles. The largest absolute Gasteiger partial charge is 0.382 e. The van der Waals surface area contributed by atoms with Crippen molar-refractivity contribution in [1.82, 2.24) is 24.4 Å². The molecule has 5 N–H and O–H groups in total. The molecule has 0 unspecified atom stereocenters. The van der Waals surface area contributed by atoms with Crippen LogP contribution in [0, 0.1) is 0 Å². The number of nitrogens with zero attached hydrogens (tertiary/aromatic N) is 4. The van der Waals surface area contributed by atoms with Gasteiger partial charge in [-0.15, -0.1) is 0 Å². The van der Waals surface area contributed by atoms with Crippen LogP contribution in [0.3, 0.4) is 0 Å². The van der Waals surface area contributed by atoms with Gasteiger partial charge in [-0.3, -0.25) is 4.79 Å². The fourth-order valence-electron chi connectivity index (χ4n) is 1.42. The number of aromatic nitrogens is 2. The highest BCUT2D eigenvalue weighted by atomic mass is 35.5. The second kappa shape index (κ2) is 9.34. The smallest absolute Gasteiger partial charge is 0.316 e. The zero-order valence-corrected chi connectivity index (χ0v) is 15.6.